The smallest absolute Gasteiger partial charge is 0.317 e. The molecule has 0 bridgehead atoms. The first-order valence-electron chi connectivity index (χ1n) is 6.27. The minimum absolute atomic E-state index is 0.125. The minimum atomic E-state index is -0.384. The molecule has 0 fully saturated rings. The molecule has 0 saturated heterocycles. The molecule has 20 heavy (non-hydrogen) atoms. The maximum absolute atomic E-state index is 13.5. The van der Waals surface area contributed by atoms with Crippen molar-refractivity contribution in [1.82, 2.24) is 10.2 Å². The van der Waals surface area contributed by atoms with E-state index in [4.69, 9.17) is 16.7 Å². The third kappa shape index (κ3) is 4.83. The Morgan fingerprint density at radius 3 is 2.90 bits per heavy atom. The molecule has 0 heterocycles. The maximum atomic E-state index is 13.5. The number of carbonyl (C=O) groups is 1. The molecule has 2 N–H and O–H groups in total. The van der Waals surface area contributed by atoms with E-state index in [0.29, 0.717) is 23.6 Å². The van der Waals surface area contributed by atoms with Crippen LogP contribution in [0.1, 0.15) is 5.56 Å². The first-order valence-corrected chi connectivity index (χ1v) is 6.65. The Balaban J connectivity index is 2.50. The molecule has 4 nitrogen and oxygen atoms in total. The fraction of sp³-hybridized carbons (Fsp3) is 0.357. The van der Waals surface area contributed by atoms with Crippen LogP contribution in [-0.4, -0.2) is 42.3 Å². The van der Waals surface area contributed by atoms with E-state index in [9.17, 15) is 9.18 Å². The van der Waals surface area contributed by atoms with Gasteiger partial charge in [0.05, 0.1) is 6.61 Å². The molecule has 0 aliphatic heterocycles. The Kier molecular flexibility index (Phi) is 7.04. The molecule has 1 rings (SSSR count). The lowest BCUT2D eigenvalue weighted by Gasteiger charge is -2.20. The Morgan fingerprint density at radius 1 is 1.55 bits per heavy atom. The summed E-state index contributed by atoms with van der Waals surface area (Å²) < 4.78 is 13.5. The van der Waals surface area contributed by atoms with Gasteiger partial charge in [-0.3, -0.25) is 0 Å². The second kappa shape index (κ2) is 8.55. The van der Waals surface area contributed by atoms with Gasteiger partial charge < -0.3 is 15.3 Å². The molecule has 0 radical (unpaired) electrons. The van der Waals surface area contributed by atoms with Crippen LogP contribution in [-0.2, 0) is 6.42 Å². The third-order valence-corrected chi connectivity index (χ3v) is 3.07. The van der Waals surface area contributed by atoms with Crippen molar-refractivity contribution in [2.24, 2.45) is 0 Å². The van der Waals surface area contributed by atoms with Crippen LogP contribution in [0.2, 0.25) is 5.02 Å². The minimum Gasteiger partial charge on any atom is -0.395 e. The topological polar surface area (TPSA) is 52.6 Å². The van der Waals surface area contributed by atoms with Crippen molar-refractivity contribution in [3.05, 3.63) is 47.3 Å². The first-order chi connectivity index (χ1) is 9.60. The van der Waals surface area contributed by atoms with Gasteiger partial charge in [-0.25, -0.2) is 9.18 Å². The maximum Gasteiger partial charge on any atom is 0.317 e. The zero-order valence-electron chi connectivity index (χ0n) is 11.1. The molecule has 0 aromatic heterocycles. The van der Waals surface area contributed by atoms with Crippen molar-refractivity contribution in [1.29, 1.82) is 0 Å². The number of nitrogens with zero attached hydrogens (tertiary/aromatic N) is 1. The number of halogens is 2. The number of aliphatic hydroxyl groups excluding tert-OH is 1. The first kappa shape index (κ1) is 16.5. The highest BCUT2D eigenvalue weighted by Crippen LogP contribution is 2.18. The van der Waals surface area contributed by atoms with Crippen LogP contribution in [0.15, 0.2) is 30.9 Å². The van der Waals surface area contributed by atoms with Gasteiger partial charge in [0.15, 0.2) is 0 Å². The Morgan fingerprint density at radius 2 is 2.30 bits per heavy atom. The molecular formula is C14H18ClFN2O2. The van der Waals surface area contributed by atoms with Gasteiger partial charge >= 0.3 is 6.03 Å². The molecular weight excluding hydrogens is 283 g/mol. The number of urea groups is 1. The molecule has 6 heteroatoms. The van der Waals surface area contributed by atoms with E-state index in [1.165, 1.54) is 17.0 Å². The van der Waals surface area contributed by atoms with Crippen LogP contribution in [0.25, 0.3) is 0 Å². The summed E-state index contributed by atoms with van der Waals surface area (Å²) in [5.74, 6) is -0.384. The van der Waals surface area contributed by atoms with Crippen molar-refractivity contribution in [2.75, 3.05) is 26.2 Å². The molecule has 0 aliphatic carbocycles. The number of carbonyl (C=O) groups excluding carboxylic acids is 1. The third-order valence-electron chi connectivity index (χ3n) is 2.72. The largest absolute Gasteiger partial charge is 0.395 e. The standard InChI is InChI=1S/C14H18ClFN2O2/c1-2-8-18(9-10-19)14(20)17-7-6-11-12(15)4-3-5-13(11)16/h2-5,19H,1,6-10H2,(H,17,20). The lowest BCUT2D eigenvalue weighted by Crippen LogP contribution is -2.42. The van der Waals surface area contributed by atoms with E-state index in [0.717, 1.165) is 0 Å². The number of amides is 2. The van der Waals surface area contributed by atoms with Crippen LogP contribution in [0.4, 0.5) is 9.18 Å². The number of nitrogens with one attached hydrogen (secondary N) is 1. The van der Waals surface area contributed by atoms with Crippen molar-refractivity contribution in [2.45, 2.75) is 6.42 Å². The summed E-state index contributed by atoms with van der Waals surface area (Å²) in [6.45, 7) is 4.24. The van der Waals surface area contributed by atoms with Gasteiger partial charge in [-0.2, -0.15) is 0 Å². The predicted octanol–water partition coefficient (Wildman–Crippen LogP) is 2.21. The second-order valence-electron chi connectivity index (χ2n) is 4.14. The molecule has 0 unspecified atom stereocenters. The molecule has 110 valence electrons. The van der Waals surface area contributed by atoms with Gasteiger partial charge in [-0.05, 0) is 18.6 Å². The second-order valence-corrected chi connectivity index (χ2v) is 4.55. The number of hydrogen-bond acceptors (Lipinski definition) is 2. The van der Waals surface area contributed by atoms with Crippen molar-refractivity contribution in [3.8, 4) is 0 Å². The Bertz CT molecular complexity index is 448. The quantitative estimate of drug-likeness (QED) is 0.759. The normalized spacial score (nSPS) is 10.2. The number of aliphatic hydroxyl groups is 1. The molecule has 0 spiro atoms. The SMILES string of the molecule is C=CCN(CCO)C(=O)NCCc1c(F)cccc1Cl. The molecule has 0 aliphatic rings. The summed E-state index contributed by atoms with van der Waals surface area (Å²) in [5, 5.41) is 11.9. The Hall–Kier alpha value is -1.59. The van der Waals surface area contributed by atoms with E-state index >= 15 is 0 Å². The highest BCUT2D eigenvalue weighted by Gasteiger charge is 2.12. The van der Waals surface area contributed by atoms with Crippen LogP contribution in [0, 0.1) is 5.82 Å². The molecule has 0 atom stereocenters. The molecule has 1 aromatic rings. The van der Waals surface area contributed by atoms with Crippen molar-refractivity contribution < 1.29 is 14.3 Å². The molecule has 0 saturated carbocycles. The van der Waals surface area contributed by atoms with E-state index in [1.54, 1.807) is 12.1 Å². The lowest BCUT2D eigenvalue weighted by atomic mass is 10.1. The van der Waals surface area contributed by atoms with Gasteiger partial charge in [0, 0.05) is 30.2 Å². The zero-order valence-corrected chi connectivity index (χ0v) is 11.9. The van der Waals surface area contributed by atoms with Crippen LogP contribution in [0.3, 0.4) is 0 Å². The fourth-order valence-corrected chi connectivity index (χ4v) is 1.99. The summed E-state index contributed by atoms with van der Waals surface area (Å²) in [6.07, 6.45) is 1.88. The summed E-state index contributed by atoms with van der Waals surface area (Å²) in [4.78, 5) is 13.2. The summed E-state index contributed by atoms with van der Waals surface area (Å²) in [6, 6.07) is 4.15. The number of rotatable bonds is 7. The Labute approximate surface area is 122 Å². The van der Waals surface area contributed by atoms with Crippen molar-refractivity contribution in [3.63, 3.8) is 0 Å². The molecule has 2 amide bonds. The van der Waals surface area contributed by atoms with Crippen LogP contribution in [0.5, 0.6) is 0 Å². The fourth-order valence-electron chi connectivity index (χ4n) is 1.73. The molecule has 1 aromatic carbocycles. The van der Waals surface area contributed by atoms with Gasteiger partial charge in [-0.1, -0.05) is 23.7 Å². The monoisotopic (exact) mass is 300 g/mol. The van der Waals surface area contributed by atoms with Gasteiger partial charge in [-0.15, -0.1) is 6.58 Å². The van der Waals surface area contributed by atoms with E-state index < -0.39 is 0 Å². The van der Waals surface area contributed by atoms with Crippen LogP contribution < -0.4 is 5.32 Å². The van der Waals surface area contributed by atoms with E-state index in [2.05, 4.69) is 11.9 Å². The number of hydrogen-bond donors (Lipinski definition) is 2. The highest BCUT2D eigenvalue weighted by atomic mass is 35.5. The van der Waals surface area contributed by atoms with E-state index in [-0.39, 0.29) is 31.5 Å². The average Bonchev–Trinajstić information content (AvgIpc) is 2.41. The number of benzene rings is 1. The van der Waals surface area contributed by atoms with Crippen molar-refractivity contribution >= 4 is 17.6 Å². The zero-order chi connectivity index (χ0) is 15.0. The van der Waals surface area contributed by atoms with Gasteiger partial charge in [0.2, 0.25) is 0 Å². The van der Waals surface area contributed by atoms with Gasteiger partial charge in [0.1, 0.15) is 5.82 Å². The summed E-state index contributed by atoms with van der Waals surface area (Å²) in [5.41, 5.74) is 0.381. The van der Waals surface area contributed by atoms with Crippen LogP contribution >= 0.6 is 11.6 Å². The van der Waals surface area contributed by atoms with Gasteiger partial charge in [0.25, 0.3) is 0 Å². The van der Waals surface area contributed by atoms with E-state index in [1.807, 2.05) is 0 Å². The average molecular weight is 301 g/mol. The summed E-state index contributed by atoms with van der Waals surface area (Å²) in [7, 11) is 0. The lowest BCUT2D eigenvalue weighted by molar-refractivity contribution is 0.184. The summed E-state index contributed by atoms with van der Waals surface area (Å²) >= 11 is 5.90. The highest BCUT2D eigenvalue weighted by molar-refractivity contribution is 6.31. The predicted molar refractivity (Wildman–Crippen MR) is 77.4 cm³/mol.